The van der Waals surface area contributed by atoms with Gasteiger partial charge >= 0.3 is 0 Å². The predicted octanol–water partition coefficient (Wildman–Crippen LogP) is 4.88. The number of hydrogen-bond donors (Lipinski definition) is 1. The molecule has 130 valence electrons. The lowest BCUT2D eigenvalue weighted by molar-refractivity contribution is -0.130. The summed E-state index contributed by atoms with van der Waals surface area (Å²) in [4.78, 5) is 24.1. The first-order valence-electron chi connectivity index (χ1n) is 8.94. The zero-order valence-corrected chi connectivity index (χ0v) is 15.8. The molecule has 1 rings (SSSR count). The van der Waals surface area contributed by atoms with E-state index < -0.39 is 0 Å². The number of carbonyl (C=O) groups is 2. The lowest BCUT2D eigenvalue weighted by atomic mass is 9.78. The number of Topliss-reactive ketones (excluding diaryl/α,β-unsaturated/α-hetero) is 1. The molecule has 0 radical (unpaired) electrons. The smallest absolute Gasteiger partial charge is 0.221 e. The highest BCUT2D eigenvalue weighted by atomic mass is 16.2. The number of amides is 1. The van der Waals surface area contributed by atoms with Crippen LogP contribution in [0.2, 0.25) is 0 Å². The Morgan fingerprint density at radius 2 is 1.50 bits per heavy atom. The van der Waals surface area contributed by atoms with Crippen LogP contribution in [0.25, 0.3) is 0 Å². The Morgan fingerprint density at radius 1 is 1.05 bits per heavy atom. The SMILES string of the molecule is CC.CC(=O)C(NC(=O)CC1(C)CCCCCC1)C(C)(C)C. The molecular weight excluding hydrogens is 274 g/mol. The van der Waals surface area contributed by atoms with Crippen LogP contribution in [0.15, 0.2) is 0 Å². The molecule has 1 aliphatic rings. The normalized spacial score (nSPS) is 19.2. The summed E-state index contributed by atoms with van der Waals surface area (Å²) in [5, 5.41) is 2.96. The van der Waals surface area contributed by atoms with E-state index in [1.165, 1.54) is 25.7 Å². The third-order valence-electron chi connectivity index (χ3n) is 4.48. The number of ketones is 1. The van der Waals surface area contributed by atoms with Gasteiger partial charge in [-0.1, -0.05) is 67.2 Å². The molecule has 0 saturated heterocycles. The van der Waals surface area contributed by atoms with Crippen molar-refractivity contribution in [2.45, 2.75) is 99.5 Å². The Balaban J connectivity index is 0.00000211. The average Bonchev–Trinajstić information content (AvgIpc) is 2.61. The molecule has 3 nitrogen and oxygen atoms in total. The summed E-state index contributed by atoms with van der Waals surface area (Å²) in [7, 11) is 0. The van der Waals surface area contributed by atoms with Crippen molar-refractivity contribution in [3.8, 4) is 0 Å². The molecule has 0 aliphatic heterocycles. The number of hydrogen-bond acceptors (Lipinski definition) is 2. The minimum absolute atomic E-state index is 0.0320. The first-order valence-corrected chi connectivity index (χ1v) is 8.94. The van der Waals surface area contributed by atoms with Gasteiger partial charge in [-0.3, -0.25) is 9.59 Å². The van der Waals surface area contributed by atoms with Crippen LogP contribution in [-0.2, 0) is 9.59 Å². The third-order valence-corrected chi connectivity index (χ3v) is 4.48. The largest absolute Gasteiger partial charge is 0.346 e. The van der Waals surface area contributed by atoms with Gasteiger partial charge in [-0.25, -0.2) is 0 Å². The summed E-state index contributed by atoms with van der Waals surface area (Å²) >= 11 is 0. The second-order valence-corrected chi connectivity index (χ2v) is 7.88. The predicted molar refractivity (Wildman–Crippen MR) is 93.8 cm³/mol. The van der Waals surface area contributed by atoms with Gasteiger partial charge in [-0.15, -0.1) is 0 Å². The molecule has 0 spiro atoms. The topological polar surface area (TPSA) is 46.2 Å². The highest BCUT2D eigenvalue weighted by Gasteiger charge is 2.33. The summed E-state index contributed by atoms with van der Waals surface area (Å²) in [6, 6.07) is -0.385. The molecule has 1 N–H and O–H groups in total. The van der Waals surface area contributed by atoms with Crippen molar-refractivity contribution in [1.82, 2.24) is 5.32 Å². The minimum Gasteiger partial charge on any atom is -0.346 e. The molecule has 0 aromatic heterocycles. The molecule has 1 saturated carbocycles. The summed E-state index contributed by atoms with van der Waals surface area (Å²) in [6.07, 6.45) is 7.82. The second kappa shape index (κ2) is 9.32. The zero-order valence-electron chi connectivity index (χ0n) is 15.8. The molecule has 0 heterocycles. The summed E-state index contributed by atoms with van der Waals surface area (Å²) in [5.74, 6) is 0.0707. The van der Waals surface area contributed by atoms with Crippen LogP contribution in [0, 0.1) is 10.8 Å². The van der Waals surface area contributed by atoms with Crippen LogP contribution in [0.4, 0.5) is 0 Å². The highest BCUT2D eigenvalue weighted by Crippen LogP contribution is 2.37. The quantitative estimate of drug-likeness (QED) is 0.752. The van der Waals surface area contributed by atoms with Crippen LogP contribution < -0.4 is 5.32 Å². The molecule has 0 aromatic rings. The van der Waals surface area contributed by atoms with Gasteiger partial charge in [0, 0.05) is 6.42 Å². The Morgan fingerprint density at radius 3 is 1.86 bits per heavy atom. The Bertz CT molecular complexity index is 347. The number of nitrogens with one attached hydrogen (secondary N) is 1. The Hall–Kier alpha value is -0.860. The average molecular weight is 312 g/mol. The van der Waals surface area contributed by atoms with E-state index in [-0.39, 0.29) is 28.6 Å². The monoisotopic (exact) mass is 311 g/mol. The van der Waals surface area contributed by atoms with Crippen molar-refractivity contribution in [2.24, 2.45) is 10.8 Å². The van der Waals surface area contributed by atoms with Crippen molar-refractivity contribution in [2.75, 3.05) is 0 Å². The minimum atomic E-state index is -0.385. The zero-order chi connectivity index (χ0) is 17.4. The van der Waals surface area contributed by atoms with E-state index in [1.54, 1.807) is 6.92 Å². The van der Waals surface area contributed by atoms with E-state index in [9.17, 15) is 9.59 Å². The maximum atomic E-state index is 12.3. The molecule has 0 bridgehead atoms. The fourth-order valence-corrected chi connectivity index (χ4v) is 3.29. The van der Waals surface area contributed by atoms with E-state index in [2.05, 4.69) is 12.2 Å². The van der Waals surface area contributed by atoms with Crippen molar-refractivity contribution in [3.05, 3.63) is 0 Å². The van der Waals surface area contributed by atoms with Gasteiger partial charge in [0.1, 0.15) is 0 Å². The third kappa shape index (κ3) is 7.42. The van der Waals surface area contributed by atoms with Crippen LogP contribution in [0.3, 0.4) is 0 Å². The molecule has 0 aromatic carbocycles. The number of rotatable bonds is 4. The molecule has 22 heavy (non-hydrogen) atoms. The van der Waals surface area contributed by atoms with Gasteiger partial charge in [0.15, 0.2) is 5.78 Å². The lowest BCUT2D eigenvalue weighted by Crippen LogP contribution is -2.49. The van der Waals surface area contributed by atoms with Crippen LogP contribution in [-0.4, -0.2) is 17.7 Å². The van der Waals surface area contributed by atoms with E-state index in [1.807, 2.05) is 34.6 Å². The molecule has 1 aliphatic carbocycles. The maximum Gasteiger partial charge on any atom is 0.221 e. The van der Waals surface area contributed by atoms with E-state index in [0.29, 0.717) is 6.42 Å². The van der Waals surface area contributed by atoms with E-state index in [4.69, 9.17) is 0 Å². The fourth-order valence-electron chi connectivity index (χ4n) is 3.29. The first-order chi connectivity index (χ1) is 10.1. The van der Waals surface area contributed by atoms with Gasteiger partial charge < -0.3 is 5.32 Å². The summed E-state index contributed by atoms with van der Waals surface area (Å²) in [5.41, 5.74) is -0.119. The molecule has 1 fully saturated rings. The van der Waals surface area contributed by atoms with E-state index >= 15 is 0 Å². The standard InChI is InChI=1S/C17H31NO2.C2H6/c1-13(19)15(16(2,3)4)18-14(20)12-17(5)10-8-6-7-9-11-17;1-2/h15H,6-12H2,1-5H3,(H,18,20);1-2H3. The van der Waals surface area contributed by atoms with Gasteiger partial charge in [-0.05, 0) is 30.6 Å². The van der Waals surface area contributed by atoms with Gasteiger partial charge in [-0.2, -0.15) is 0 Å². The van der Waals surface area contributed by atoms with Crippen LogP contribution in [0.5, 0.6) is 0 Å². The van der Waals surface area contributed by atoms with Crippen molar-refractivity contribution in [1.29, 1.82) is 0 Å². The van der Waals surface area contributed by atoms with Crippen molar-refractivity contribution >= 4 is 11.7 Å². The molecule has 1 amide bonds. The molecular formula is C19H37NO2. The van der Waals surface area contributed by atoms with Gasteiger partial charge in [0.25, 0.3) is 0 Å². The van der Waals surface area contributed by atoms with Crippen molar-refractivity contribution < 1.29 is 9.59 Å². The molecule has 1 unspecified atom stereocenters. The van der Waals surface area contributed by atoms with Gasteiger partial charge in [0.05, 0.1) is 6.04 Å². The number of carbonyl (C=O) groups excluding carboxylic acids is 2. The second-order valence-electron chi connectivity index (χ2n) is 7.88. The molecule has 3 heteroatoms. The van der Waals surface area contributed by atoms with Crippen molar-refractivity contribution in [3.63, 3.8) is 0 Å². The Labute approximate surface area is 137 Å². The first kappa shape index (κ1) is 21.1. The maximum absolute atomic E-state index is 12.3. The lowest BCUT2D eigenvalue weighted by Gasteiger charge is -2.32. The summed E-state index contributed by atoms with van der Waals surface area (Å²) in [6.45, 7) is 13.8. The summed E-state index contributed by atoms with van der Waals surface area (Å²) < 4.78 is 0. The fraction of sp³-hybridized carbons (Fsp3) is 0.895. The van der Waals surface area contributed by atoms with Crippen LogP contribution >= 0.6 is 0 Å². The Kier molecular flexibility index (Phi) is 8.95. The van der Waals surface area contributed by atoms with Crippen LogP contribution in [0.1, 0.15) is 93.4 Å². The van der Waals surface area contributed by atoms with E-state index in [0.717, 1.165) is 12.8 Å². The van der Waals surface area contributed by atoms with Gasteiger partial charge in [0.2, 0.25) is 5.91 Å². The molecule has 1 atom stereocenters. The highest BCUT2D eigenvalue weighted by molar-refractivity contribution is 5.88.